The molecular weight excluding hydrogens is 492 g/mol. The Balaban J connectivity index is 2.04. The van der Waals surface area contributed by atoms with E-state index < -0.39 is 39.8 Å². The highest BCUT2D eigenvalue weighted by molar-refractivity contribution is 6.02. The maximum atomic E-state index is 13.6. The van der Waals surface area contributed by atoms with Gasteiger partial charge in [-0.2, -0.15) is 0 Å². The van der Waals surface area contributed by atoms with Gasteiger partial charge in [-0.15, -0.1) is 0 Å². The predicted molar refractivity (Wildman–Crippen MR) is 137 cm³/mol. The van der Waals surface area contributed by atoms with Crippen molar-refractivity contribution in [1.82, 2.24) is 0 Å². The number of non-ortho nitro benzene ring substituents is 1. The van der Waals surface area contributed by atoms with Crippen molar-refractivity contribution in [2.75, 3.05) is 19.5 Å². The Hall–Kier alpha value is -4.21. The van der Waals surface area contributed by atoms with Gasteiger partial charge in [-0.3, -0.25) is 19.7 Å². The summed E-state index contributed by atoms with van der Waals surface area (Å²) in [5.41, 5.74) is -0.929. The number of nitro benzene ring substituents is 1. The zero-order chi connectivity index (χ0) is 27.8. The number of hydrogen-bond donors (Lipinski definition) is 1. The van der Waals surface area contributed by atoms with Gasteiger partial charge < -0.3 is 19.5 Å². The third kappa shape index (κ3) is 4.73. The number of nitrogens with one attached hydrogen (secondary N) is 1. The summed E-state index contributed by atoms with van der Waals surface area (Å²) in [7, 11) is 2.33. The summed E-state index contributed by atoms with van der Waals surface area (Å²) in [6, 6.07) is 12.8. The van der Waals surface area contributed by atoms with E-state index in [1.807, 2.05) is 32.9 Å². The lowest BCUT2D eigenvalue weighted by molar-refractivity contribution is -0.384. The van der Waals surface area contributed by atoms with Crippen LogP contribution in [0.3, 0.4) is 0 Å². The first-order valence-electron chi connectivity index (χ1n) is 12.1. The smallest absolute Gasteiger partial charge is 0.373 e. The van der Waals surface area contributed by atoms with Crippen LogP contribution in [-0.2, 0) is 28.6 Å². The number of esters is 2. The molecular formula is C28H30N2O8. The Labute approximate surface area is 220 Å². The number of benzene rings is 2. The van der Waals surface area contributed by atoms with Crippen LogP contribution in [0.25, 0.3) is 0 Å². The molecule has 2 aliphatic rings. The highest BCUT2D eigenvalue weighted by atomic mass is 16.6. The van der Waals surface area contributed by atoms with E-state index in [0.29, 0.717) is 17.7 Å². The number of methoxy groups -OCH3 is 2. The topological polar surface area (TPSA) is 134 Å². The largest absolute Gasteiger partial charge is 0.469 e. The Morgan fingerprint density at radius 3 is 2.37 bits per heavy atom. The first-order valence-corrected chi connectivity index (χ1v) is 12.1. The zero-order valence-electron chi connectivity index (χ0n) is 21.9. The SMILES string of the molecule is COC(=O)[C@@H]1[C@@H](c2cccc([N+](=O)[O-])c2)C2=C(CC(C)(C)CC2=O)O[C@@]1(Nc1ccc(C)cc1)C(=O)OC. The van der Waals surface area contributed by atoms with Crippen molar-refractivity contribution in [2.45, 2.75) is 45.3 Å². The van der Waals surface area contributed by atoms with E-state index in [4.69, 9.17) is 14.2 Å². The highest BCUT2D eigenvalue weighted by Gasteiger charge is 2.63. The average molecular weight is 523 g/mol. The minimum Gasteiger partial charge on any atom is -0.469 e. The van der Waals surface area contributed by atoms with Gasteiger partial charge in [0, 0.05) is 42.2 Å². The summed E-state index contributed by atoms with van der Waals surface area (Å²) >= 11 is 0. The summed E-state index contributed by atoms with van der Waals surface area (Å²) in [5.74, 6) is -4.36. The van der Waals surface area contributed by atoms with Gasteiger partial charge in [-0.1, -0.05) is 43.7 Å². The number of hydrogen-bond acceptors (Lipinski definition) is 9. The molecule has 4 rings (SSSR count). The van der Waals surface area contributed by atoms with Crippen LogP contribution in [0.15, 0.2) is 59.9 Å². The normalized spacial score (nSPS) is 24.1. The van der Waals surface area contributed by atoms with Crippen molar-refractivity contribution in [1.29, 1.82) is 0 Å². The molecule has 1 heterocycles. The fraction of sp³-hybridized carbons (Fsp3) is 0.393. The highest BCUT2D eigenvalue weighted by Crippen LogP contribution is 2.53. The second-order valence-electron chi connectivity index (χ2n) is 10.4. The lowest BCUT2D eigenvalue weighted by Gasteiger charge is -2.49. The molecule has 10 heteroatoms. The van der Waals surface area contributed by atoms with Gasteiger partial charge in [-0.25, -0.2) is 4.79 Å². The molecule has 0 amide bonds. The number of aryl methyl sites for hydroxylation is 1. The minimum absolute atomic E-state index is 0.172. The Kier molecular flexibility index (Phi) is 7.01. The van der Waals surface area contributed by atoms with Gasteiger partial charge in [-0.05, 0) is 30.0 Å². The molecule has 2 aromatic carbocycles. The number of nitrogens with zero attached hydrogens (tertiary/aromatic N) is 1. The molecule has 1 N–H and O–H groups in total. The molecule has 2 aromatic rings. The van der Waals surface area contributed by atoms with Crippen LogP contribution in [0.1, 0.15) is 43.7 Å². The number of anilines is 1. The van der Waals surface area contributed by atoms with Crippen molar-refractivity contribution in [3.63, 3.8) is 0 Å². The Bertz CT molecular complexity index is 1330. The van der Waals surface area contributed by atoms with E-state index in [0.717, 1.165) is 12.7 Å². The number of ether oxygens (including phenoxy) is 3. The van der Waals surface area contributed by atoms with Crippen molar-refractivity contribution in [3.05, 3.63) is 81.1 Å². The molecule has 0 saturated carbocycles. The van der Waals surface area contributed by atoms with Crippen LogP contribution < -0.4 is 5.32 Å². The second kappa shape index (κ2) is 9.92. The second-order valence-corrected chi connectivity index (χ2v) is 10.4. The van der Waals surface area contributed by atoms with Gasteiger partial charge in [0.2, 0.25) is 0 Å². The molecule has 10 nitrogen and oxygen atoms in total. The maximum Gasteiger partial charge on any atom is 0.373 e. The number of rotatable bonds is 6. The van der Waals surface area contributed by atoms with E-state index in [1.54, 1.807) is 18.2 Å². The maximum absolute atomic E-state index is 13.6. The van der Waals surface area contributed by atoms with Crippen molar-refractivity contribution in [2.24, 2.45) is 11.3 Å². The molecule has 0 spiro atoms. The number of carbonyl (C=O) groups is 3. The van der Waals surface area contributed by atoms with Crippen LogP contribution in [-0.4, -0.2) is 42.6 Å². The number of carbonyl (C=O) groups excluding carboxylic acids is 3. The average Bonchev–Trinajstić information content (AvgIpc) is 2.87. The van der Waals surface area contributed by atoms with Gasteiger partial charge in [0.15, 0.2) is 5.78 Å². The molecule has 38 heavy (non-hydrogen) atoms. The van der Waals surface area contributed by atoms with Crippen molar-refractivity contribution < 1.29 is 33.5 Å². The quantitative estimate of drug-likeness (QED) is 0.332. The van der Waals surface area contributed by atoms with E-state index in [9.17, 15) is 24.5 Å². The number of ketones is 1. The molecule has 0 unspecified atom stereocenters. The summed E-state index contributed by atoms with van der Waals surface area (Å²) < 4.78 is 16.7. The number of nitro groups is 1. The lowest BCUT2D eigenvalue weighted by Crippen LogP contribution is -2.62. The minimum atomic E-state index is -2.14. The first-order chi connectivity index (χ1) is 17.9. The number of Topliss-reactive ketones (excluding diaryl/α,β-unsaturated/α-hetero) is 1. The van der Waals surface area contributed by atoms with E-state index in [2.05, 4.69) is 5.32 Å². The summed E-state index contributed by atoms with van der Waals surface area (Å²) in [5, 5.41) is 14.7. The standard InChI is InChI=1S/C28H30N2O8/c1-16-9-11-18(12-10-16)29-28(26(33)37-5)24(25(32)36-4)22(17-7-6-8-19(13-17)30(34)35)23-20(31)14-27(2,3)15-21(23)38-28/h6-13,22,24,29H,14-15H2,1-5H3/t22-,24-,28+/m0/s1. The van der Waals surface area contributed by atoms with Crippen molar-refractivity contribution >= 4 is 29.1 Å². The molecule has 200 valence electrons. The predicted octanol–water partition coefficient (Wildman–Crippen LogP) is 4.43. The summed E-state index contributed by atoms with van der Waals surface area (Å²) in [6.45, 7) is 5.71. The van der Waals surface area contributed by atoms with Gasteiger partial charge >= 0.3 is 11.9 Å². The molecule has 0 fully saturated rings. The third-order valence-corrected chi connectivity index (χ3v) is 7.01. The van der Waals surface area contributed by atoms with Crippen LogP contribution in [0.4, 0.5) is 11.4 Å². The molecule has 1 aliphatic heterocycles. The summed E-state index contributed by atoms with van der Waals surface area (Å²) in [6.07, 6.45) is 0.465. The van der Waals surface area contributed by atoms with E-state index >= 15 is 0 Å². The van der Waals surface area contributed by atoms with Gasteiger partial charge in [0.05, 0.1) is 19.1 Å². The number of allylic oxidation sites excluding steroid dienone is 2. The molecule has 0 bridgehead atoms. The molecule has 0 saturated heterocycles. The van der Waals surface area contributed by atoms with Gasteiger partial charge in [0.1, 0.15) is 11.7 Å². The molecule has 3 atom stereocenters. The van der Waals surface area contributed by atoms with Crippen LogP contribution in [0.2, 0.25) is 0 Å². The molecule has 0 radical (unpaired) electrons. The van der Waals surface area contributed by atoms with E-state index in [1.165, 1.54) is 25.3 Å². The fourth-order valence-electron chi connectivity index (χ4n) is 5.32. The van der Waals surface area contributed by atoms with E-state index in [-0.39, 0.29) is 29.2 Å². The van der Waals surface area contributed by atoms with Crippen LogP contribution in [0, 0.1) is 28.4 Å². The van der Waals surface area contributed by atoms with Crippen LogP contribution >= 0.6 is 0 Å². The van der Waals surface area contributed by atoms with Crippen LogP contribution in [0.5, 0.6) is 0 Å². The zero-order valence-corrected chi connectivity index (χ0v) is 21.9. The molecule has 1 aliphatic carbocycles. The Morgan fingerprint density at radius 1 is 1.08 bits per heavy atom. The van der Waals surface area contributed by atoms with Crippen molar-refractivity contribution in [3.8, 4) is 0 Å². The fourth-order valence-corrected chi connectivity index (χ4v) is 5.32. The molecule has 0 aromatic heterocycles. The van der Waals surface area contributed by atoms with Gasteiger partial charge in [0.25, 0.3) is 11.4 Å². The monoisotopic (exact) mass is 522 g/mol. The Morgan fingerprint density at radius 2 is 1.76 bits per heavy atom. The summed E-state index contributed by atoms with van der Waals surface area (Å²) in [4.78, 5) is 51.8. The lowest BCUT2D eigenvalue weighted by atomic mass is 9.65. The third-order valence-electron chi connectivity index (χ3n) is 7.01. The first kappa shape index (κ1) is 26.8.